The zero-order chi connectivity index (χ0) is 14.3. The highest BCUT2D eigenvalue weighted by Gasteiger charge is 2.31. The summed E-state index contributed by atoms with van der Waals surface area (Å²) in [5, 5.41) is 3.20. The predicted octanol–water partition coefficient (Wildman–Crippen LogP) is 0.668. The largest absolute Gasteiger partial charge is 0.399 e. The molecule has 0 aliphatic carbocycles. The van der Waals surface area contributed by atoms with Crippen molar-refractivity contribution in [3.8, 4) is 0 Å². The van der Waals surface area contributed by atoms with E-state index in [1.54, 1.807) is 36.2 Å². The third kappa shape index (κ3) is 1.95. The van der Waals surface area contributed by atoms with E-state index < -0.39 is 6.04 Å². The van der Waals surface area contributed by atoms with Crippen LogP contribution in [0.1, 0.15) is 6.92 Å². The van der Waals surface area contributed by atoms with Gasteiger partial charge >= 0.3 is 0 Å². The Bertz CT molecular complexity index is 713. The number of imide groups is 1. The number of nitrogens with one attached hydrogen (secondary N) is 1. The van der Waals surface area contributed by atoms with Crippen LogP contribution in [0.5, 0.6) is 0 Å². The van der Waals surface area contributed by atoms with Gasteiger partial charge in [-0.3, -0.25) is 19.9 Å². The van der Waals surface area contributed by atoms with E-state index in [0.29, 0.717) is 5.69 Å². The molecule has 1 unspecified atom stereocenters. The molecule has 1 aliphatic heterocycles. The molecule has 0 radical (unpaired) electrons. The van der Waals surface area contributed by atoms with Crippen LogP contribution in [-0.2, 0) is 9.59 Å². The van der Waals surface area contributed by atoms with Gasteiger partial charge in [0.25, 0.3) is 0 Å². The molecular formula is C14H14N4O2. The van der Waals surface area contributed by atoms with Crippen LogP contribution in [-0.4, -0.2) is 29.4 Å². The van der Waals surface area contributed by atoms with Crippen LogP contribution >= 0.6 is 0 Å². The van der Waals surface area contributed by atoms with Crippen LogP contribution in [0, 0.1) is 0 Å². The number of fused-ring (bicyclic) bond motifs is 1. The van der Waals surface area contributed by atoms with Gasteiger partial charge in [-0.05, 0) is 31.2 Å². The lowest BCUT2D eigenvalue weighted by Gasteiger charge is -2.34. The van der Waals surface area contributed by atoms with Crippen molar-refractivity contribution >= 4 is 34.1 Å². The molecule has 1 atom stereocenters. The molecule has 0 bridgehead atoms. The molecule has 1 aromatic heterocycles. The Morgan fingerprint density at radius 3 is 2.95 bits per heavy atom. The van der Waals surface area contributed by atoms with Gasteiger partial charge in [0.05, 0.1) is 12.1 Å². The van der Waals surface area contributed by atoms with Crippen LogP contribution in [0.2, 0.25) is 0 Å². The van der Waals surface area contributed by atoms with Crippen LogP contribution < -0.4 is 16.0 Å². The number of pyridine rings is 1. The maximum absolute atomic E-state index is 11.8. The third-order valence-electron chi connectivity index (χ3n) is 3.48. The first kappa shape index (κ1) is 12.4. The molecule has 3 rings (SSSR count). The summed E-state index contributed by atoms with van der Waals surface area (Å²) in [4.78, 5) is 29.4. The average Bonchev–Trinajstić information content (AvgIpc) is 2.42. The summed E-state index contributed by atoms with van der Waals surface area (Å²) in [5.41, 5.74) is 7.93. The Balaban J connectivity index is 2.13. The van der Waals surface area contributed by atoms with Crippen molar-refractivity contribution < 1.29 is 9.59 Å². The van der Waals surface area contributed by atoms with E-state index in [1.807, 2.05) is 6.07 Å². The number of rotatable bonds is 1. The second-order valence-electron chi connectivity index (χ2n) is 4.82. The maximum Gasteiger partial charge on any atom is 0.249 e. The van der Waals surface area contributed by atoms with E-state index in [9.17, 15) is 9.59 Å². The molecule has 1 aromatic carbocycles. The number of nitrogen functional groups attached to an aromatic ring is 1. The van der Waals surface area contributed by atoms with Gasteiger partial charge in [0, 0.05) is 23.0 Å². The van der Waals surface area contributed by atoms with Gasteiger partial charge in [-0.15, -0.1) is 0 Å². The Kier molecular flexibility index (Phi) is 2.78. The van der Waals surface area contributed by atoms with Gasteiger partial charge in [-0.1, -0.05) is 0 Å². The van der Waals surface area contributed by atoms with E-state index in [-0.39, 0.29) is 18.4 Å². The molecule has 0 saturated carbocycles. The maximum atomic E-state index is 11.8. The SMILES string of the molecule is CC1C(=O)NC(=O)CN1c1ccnc2cc(N)ccc12. The van der Waals surface area contributed by atoms with Crippen molar-refractivity contribution in [2.24, 2.45) is 0 Å². The van der Waals surface area contributed by atoms with Crippen molar-refractivity contribution in [1.29, 1.82) is 0 Å². The second-order valence-corrected chi connectivity index (χ2v) is 4.82. The number of benzene rings is 1. The fraction of sp³-hybridized carbons (Fsp3) is 0.214. The number of carbonyl (C=O) groups excluding carboxylic acids is 2. The summed E-state index contributed by atoms with van der Waals surface area (Å²) in [6.45, 7) is 1.92. The first-order chi connectivity index (χ1) is 9.56. The molecule has 6 heteroatoms. The van der Waals surface area contributed by atoms with Gasteiger partial charge < -0.3 is 10.6 Å². The van der Waals surface area contributed by atoms with Crippen LogP contribution in [0.25, 0.3) is 10.9 Å². The molecule has 2 aromatic rings. The van der Waals surface area contributed by atoms with E-state index in [0.717, 1.165) is 16.6 Å². The highest BCUT2D eigenvalue weighted by Crippen LogP contribution is 2.28. The predicted molar refractivity (Wildman–Crippen MR) is 76.1 cm³/mol. The van der Waals surface area contributed by atoms with Gasteiger partial charge in [-0.2, -0.15) is 0 Å². The van der Waals surface area contributed by atoms with Gasteiger partial charge in [0.1, 0.15) is 6.04 Å². The second kappa shape index (κ2) is 4.48. The van der Waals surface area contributed by atoms with Gasteiger partial charge in [-0.25, -0.2) is 0 Å². The van der Waals surface area contributed by atoms with Crippen LogP contribution in [0.4, 0.5) is 11.4 Å². The molecule has 102 valence electrons. The number of hydrogen-bond donors (Lipinski definition) is 2. The summed E-state index contributed by atoms with van der Waals surface area (Å²) < 4.78 is 0. The van der Waals surface area contributed by atoms with Crippen molar-refractivity contribution in [1.82, 2.24) is 10.3 Å². The lowest BCUT2D eigenvalue weighted by molar-refractivity contribution is -0.132. The number of nitrogens with zero attached hydrogens (tertiary/aromatic N) is 2. The first-order valence-corrected chi connectivity index (χ1v) is 6.31. The molecular weight excluding hydrogens is 256 g/mol. The summed E-state index contributed by atoms with van der Waals surface area (Å²) in [6, 6.07) is 6.81. The van der Waals surface area contributed by atoms with E-state index >= 15 is 0 Å². The van der Waals surface area contributed by atoms with E-state index in [4.69, 9.17) is 5.73 Å². The summed E-state index contributed by atoms with van der Waals surface area (Å²) in [6.07, 6.45) is 1.65. The number of hydrogen-bond acceptors (Lipinski definition) is 5. The monoisotopic (exact) mass is 270 g/mol. The zero-order valence-corrected chi connectivity index (χ0v) is 11.0. The fourth-order valence-electron chi connectivity index (χ4n) is 2.41. The van der Waals surface area contributed by atoms with Crippen molar-refractivity contribution in [3.63, 3.8) is 0 Å². The Hall–Kier alpha value is -2.63. The number of aromatic nitrogens is 1. The molecule has 6 nitrogen and oxygen atoms in total. The lowest BCUT2D eigenvalue weighted by atomic mass is 10.1. The number of piperazine rings is 1. The van der Waals surface area contributed by atoms with E-state index in [1.165, 1.54) is 0 Å². The van der Waals surface area contributed by atoms with Gasteiger partial charge in [0.2, 0.25) is 11.8 Å². The quantitative estimate of drug-likeness (QED) is 0.587. The van der Waals surface area contributed by atoms with Crippen molar-refractivity contribution in [2.45, 2.75) is 13.0 Å². The topological polar surface area (TPSA) is 88.3 Å². The minimum Gasteiger partial charge on any atom is -0.399 e. The number of nitrogens with two attached hydrogens (primary N) is 1. The molecule has 0 spiro atoms. The Morgan fingerprint density at radius 2 is 2.15 bits per heavy atom. The summed E-state index contributed by atoms with van der Waals surface area (Å²) in [7, 11) is 0. The molecule has 1 saturated heterocycles. The lowest BCUT2D eigenvalue weighted by Crippen LogP contribution is -2.57. The standard InChI is InChI=1S/C14H14N4O2/c1-8-14(20)17-13(19)7-18(8)12-4-5-16-11-6-9(15)2-3-10(11)12/h2-6,8H,7,15H2,1H3,(H,17,19,20). The van der Waals surface area contributed by atoms with Crippen LogP contribution in [0.3, 0.4) is 0 Å². The highest BCUT2D eigenvalue weighted by molar-refractivity contribution is 6.06. The number of carbonyl (C=O) groups is 2. The molecule has 3 N–H and O–H groups in total. The highest BCUT2D eigenvalue weighted by atomic mass is 16.2. The van der Waals surface area contributed by atoms with Crippen molar-refractivity contribution in [3.05, 3.63) is 30.5 Å². The molecule has 2 amide bonds. The molecule has 1 aliphatic rings. The van der Waals surface area contributed by atoms with Crippen LogP contribution in [0.15, 0.2) is 30.5 Å². The minimum absolute atomic E-state index is 0.149. The minimum atomic E-state index is -0.407. The third-order valence-corrected chi connectivity index (χ3v) is 3.48. The average molecular weight is 270 g/mol. The molecule has 1 fully saturated rings. The normalized spacial score (nSPS) is 19.2. The fourth-order valence-corrected chi connectivity index (χ4v) is 2.41. The van der Waals surface area contributed by atoms with E-state index in [2.05, 4.69) is 10.3 Å². The zero-order valence-electron chi connectivity index (χ0n) is 11.0. The summed E-state index contributed by atoms with van der Waals surface area (Å²) >= 11 is 0. The molecule has 20 heavy (non-hydrogen) atoms. The number of anilines is 2. The number of amides is 2. The smallest absolute Gasteiger partial charge is 0.249 e. The van der Waals surface area contributed by atoms with Crippen molar-refractivity contribution in [2.75, 3.05) is 17.2 Å². The first-order valence-electron chi connectivity index (χ1n) is 6.31. The Morgan fingerprint density at radius 1 is 1.35 bits per heavy atom. The summed E-state index contributed by atoms with van der Waals surface area (Å²) in [5.74, 6) is -0.588. The Labute approximate surface area is 115 Å². The van der Waals surface area contributed by atoms with Gasteiger partial charge in [0.15, 0.2) is 0 Å². The molecule has 2 heterocycles.